The third-order valence-electron chi connectivity index (χ3n) is 0.825. The number of nitrogens with two attached hydrogens (primary N) is 1. The van der Waals surface area contributed by atoms with Crippen molar-refractivity contribution in [3.05, 3.63) is 12.3 Å². The van der Waals surface area contributed by atoms with Gasteiger partial charge in [-0.05, 0) is 13.0 Å². The molecular formula is C7H11NO3. The summed E-state index contributed by atoms with van der Waals surface area (Å²) in [4.78, 5) is 20.9. The quantitative estimate of drug-likeness (QED) is 0.354. The molecule has 0 aliphatic rings. The summed E-state index contributed by atoms with van der Waals surface area (Å²) in [6.45, 7) is 1.64. The van der Waals surface area contributed by atoms with Crippen molar-refractivity contribution < 1.29 is 14.3 Å². The van der Waals surface area contributed by atoms with Crippen molar-refractivity contribution >= 4 is 11.8 Å². The van der Waals surface area contributed by atoms with Crippen molar-refractivity contribution in [2.75, 3.05) is 6.54 Å². The smallest absolute Gasteiger partial charge is 0.318 e. The van der Waals surface area contributed by atoms with Gasteiger partial charge in [0.15, 0.2) is 0 Å². The number of ether oxygens (including phenoxy) is 1. The summed E-state index contributed by atoms with van der Waals surface area (Å²) in [5.74, 6) is -0.765. The molecule has 11 heavy (non-hydrogen) atoms. The van der Waals surface area contributed by atoms with Gasteiger partial charge in [-0.25, -0.2) is 0 Å². The number of carbonyl (C=O) groups is 2. The molecule has 0 bridgehead atoms. The van der Waals surface area contributed by atoms with E-state index in [0.29, 0.717) is 6.54 Å². The predicted molar refractivity (Wildman–Crippen MR) is 39.6 cm³/mol. The fourth-order valence-electron chi connectivity index (χ4n) is 0.424. The van der Waals surface area contributed by atoms with Crippen molar-refractivity contribution in [3.63, 3.8) is 0 Å². The van der Waals surface area contributed by atoms with E-state index < -0.39 is 5.97 Å². The van der Waals surface area contributed by atoms with Crippen LogP contribution < -0.4 is 5.73 Å². The fourth-order valence-corrected chi connectivity index (χ4v) is 0.424. The van der Waals surface area contributed by atoms with Gasteiger partial charge < -0.3 is 10.5 Å². The zero-order valence-corrected chi connectivity index (χ0v) is 6.37. The first-order valence-corrected chi connectivity index (χ1v) is 3.21. The minimum absolute atomic E-state index is 0.186. The van der Waals surface area contributed by atoms with Crippen molar-refractivity contribution in [3.8, 4) is 0 Å². The molecule has 0 aliphatic heterocycles. The van der Waals surface area contributed by atoms with Gasteiger partial charge in [0, 0.05) is 6.54 Å². The fraction of sp³-hybridized carbons (Fsp3) is 0.429. The van der Waals surface area contributed by atoms with Crippen LogP contribution in [0.1, 0.15) is 13.3 Å². The number of esters is 1. The second kappa shape index (κ2) is 5.61. The van der Waals surface area contributed by atoms with Crippen LogP contribution in [0.3, 0.4) is 0 Å². The molecule has 0 spiro atoms. The van der Waals surface area contributed by atoms with Crippen molar-refractivity contribution in [1.29, 1.82) is 0 Å². The van der Waals surface area contributed by atoms with Crippen LogP contribution in [-0.4, -0.2) is 18.3 Å². The van der Waals surface area contributed by atoms with E-state index in [1.165, 1.54) is 19.3 Å². The molecule has 0 aromatic carbocycles. The minimum Gasteiger partial charge on any atom is -0.434 e. The normalized spacial score (nSPS) is 10.0. The van der Waals surface area contributed by atoms with Crippen molar-refractivity contribution in [2.24, 2.45) is 5.73 Å². The van der Waals surface area contributed by atoms with E-state index in [1.54, 1.807) is 0 Å². The maximum absolute atomic E-state index is 10.6. The first-order chi connectivity index (χ1) is 5.16. The van der Waals surface area contributed by atoms with E-state index >= 15 is 0 Å². The molecule has 0 saturated carbocycles. The Bertz CT molecular complexity index is 175. The summed E-state index contributed by atoms with van der Waals surface area (Å²) in [6, 6.07) is 0. The van der Waals surface area contributed by atoms with Gasteiger partial charge in [0.25, 0.3) is 0 Å². The zero-order valence-electron chi connectivity index (χ0n) is 6.37. The van der Waals surface area contributed by atoms with Crippen LogP contribution in [0.4, 0.5) is 0 Å². The number of hydrogen-bond acceptors (Lipinski definition) is 4. The zero-order chi connectivity index (χ0) is 8.69. The maximum Gasteiger partial charge on any atom is 0.318 e. The molecule has 0 unspecified atom stereocenters. The molecule has 4 nitrogen and oxygen atoms in total. The average molecular weight is 157 g/mol. The van der Waals surface area contributed by atoms with E-state index in [0.717, 1.165) is 0 Å². The van der Waals surface area contributed by atoms with E-state index in [-0.39, 0.29) is 12.2 Å². The van der Waals surface area contributed by atoms with Gasteiger partial charge in [0.05, 0.1) is 6.26 Å². The number of ketones is 1. The van der Waals surface area contributed by atoms with Gasteiger partial charge in [0.2, 0.25) is 0 Å². The highest BCUT2D eigenvalue weighted by molar-refractivity contribution is 5.94. The molecule has 0 fully saturated rings. The van der Waals surface area contributed by atoms with Gasteiger partial charge in [-0.15, -0.1) is 0 Å². The number of rotatable bonds is 4. The Hall–Kier alpha value is -1.16. The first-order valence-electron chi connectivity index (χ1n) is 3.21. The van der Waals surface area contributed by atoms with E-state index in [1.807, 2.05) is 0 Å². The molecule has 0 saturated heterocycles. The summed E-state index contributed by atoms with van der Waals surface area (Å²) in [5, 5.41) is 0. The Balaban J connectivity index is 3.53. The molecule has 2 N–H and O–H groups in total. The van der Waals surface area contributed by atoms with E-state index in [4.69, 9.17) is 5.73 Å². The molecule has 4 heteroatoms. The lowest BCUT2D eigenvalue weighted by Crippen LogP contribution is -2.05. The average Bonchev–Trinajstić information content (AvgIpc) is 1.86. The number of carbonyl (C=O) groups excluding carboxylic acids is 2. The van der Waals surface area contributed by atoms with Gasteiger partial charge in [-0.1, -0.05) is 0 Å². The topological polar surface area (TPSA) is 69.4 Å². The Morgan fingerprint density at radius 2 is 2.18 bits per heavy atom. The van der Waals surface area contributed by atoms with Crippen molar-refractivity contribution in [2.45, 2.75) is 13.3 Å². The van der Waals surface area contributed by atoms with Crippen LogP contribution in [-0.2, 0) is 14.3 Å². The summed E-state index contributed by atoms with van der Waals surface area (Å²) >= 11 is 0. The number of Topliss-reactive ketones (excluding diaryl/α,β-unsaturated/α-hetero) is 1. The highest BCUT2D eigenvalue weighted by Crippen LogP contribution is 1.87. The van der Waals surface area contributed by atoms with Gasteiger partial charge in [-0.3, -0.25) is 9.59 Å². The maximum atomic E-state index is 10.6. The molecule has 0 aliphatic carbocycles. The van der Waals surface area contributed by atoms with Crippen LogP contribution in [0.5, 0.6) is 0 Å². The van der Waals surface area contributed by atoms with E-state index in [9.17, 15) is 9.59 Å². The molecule has 62 valence electrons. The van der Waals surface area contributed by atoms with Gasteiger partial charge >= 0.3 is 5.97 Å². The lowest BCUT2D eigenvalue weighted by molar-refractivity contribution is -0.140. The second-order valence-corrected chi connectivity index (χ2v) is 1.98. The Morgan fingerprint density at radius 1 is 1.55 bits per heavy atom. The molecule has 0 aromatic heterocycles. The van der Waals surface area contributed by atoms with Crippen LogP contribution in [0.15, 0.2) is 12.3 Å². The van der Waals surface area contributed by atoms with Crippen LogP contribution in [0.2, 0.25) is 0 Å². The van der Waals surface area contributed by atoms with Crippen LogP contribution >= 0.6 is 0 Å². The second-order valence-electron chi connectivity index (χ2n) is 1.98. The van der Waals surface area contributed by atoms with Crippen molar-refractivity contribution in [1.82, 2.24) is 0 Å². The molecule has 0 heterocycles. The predicted octanol–water partition coefficient (Wildman–Crippen LogP) is -0.0189. The summed E-state index contributed by atoms with van der Waals surface area (Å²) in [7, 11) is 0. The standard InChI is InChI=1S/C7H11NO3/c1-6(9)5-7(10)11-4-2-3-8/h2,4H,3,5,8H2,1H3. The highest BCUT2D eigenvalue weighted by atomic mass is 16.5. The Labute approximate surface area is 65.0 Å². The molecule has 0 rings (SSSR count). The molecule has 0 amide bonds. The summed E-state index contributed by atoms with van der Waals surface area (Å²) in [5.41, 5.74) is 5.07. The first kappa shape index (κ1) is 9.84. The SMILES string of the molecule is CC(=O)CC(=O)OC=CCN. The van der Waals surface area contributed by atoms with Crippen LogP contribution in [0, 0.1) is 0 Å². The molecule has 0 atom stereocenters. The van der Waals surface area contributed by atoms with Crippen LogP contribution in [0.25, 0.3) is 0 Å². The monoisotopic (exact) mass is 157 g/mol. The third-order valence-corrected chi connectivity index (χ3v) is 0.825. The largest absolute Gasteiger partial charge is 0.434 e. The summed E-state index contributed by atoms with van der Waals surface area (Å²) in [6.07, 6.45) is 2.48. The minimum atomic E-state index is -0.554. The highest BCUT2D eigenvalue weighted by Gasteiger charge is 2.03. The van der Waals surface area contributed by atoms with E-state index in [2.05, 4.69) is 4.74 Å². The molecular weight excluding hydrogens is 146 g/mol. The molecule has 0 radical (unpaired) electrons. The Kier molecular flexibility index (Phi) is 5.02. The molecule has 0 aromatic rings. The van der Waals surface area contributed by atoms with Gasteiger partial charge in [-0.2, -0.15) is 0 Å². The lowest BCUT2D eigenvalue weighted by Gasteiger charge is -1.93. The summed E-state index contributed by atoms with van der Waals surface area (Å²) < 4.78 is 4.47. The van der Waals surface area contributed by atoms with Gasteiger partial charge in [0.1, 0.15) is 12.2 Å². The number of hydrogen-bond donors (Lipinski definition) is 1. The lowest BCUT2D eigenvalue weighted by atomic mass is 10.3. The Morgan fingerprint density at radius 3 is 2.64 bits per heavy atom. The third kappa shape index (κ3) is 6.73.